The van der Waals surface area contributed by atoms with E-state index in [1.54, 1.807) is 24.3 Å². The van der Waals surface area contributed by atoms with E-state index in [4.69, 9.17) is 23.2 Å². The fourth-order valence-corrected chi connectivity index (χ4v) is 1.44. The molecule has 0 spiro atoms. The lowest BCUT2D eigenvalue weighted by Gasteiger charge is -2.01. The van der Waals surface area contributed by atoms with Crippen LogP contribution in [0.25, 0.3) is 10.9 Å². The molecular weight excluding hydrogens is 212 g/mol. The van der Waals surface area contributed by atoms with Gasteiger partial charge in [0.25, 0.3) is 0 Å². The van der Waals surface area contributed by atoms with Gasteiger partial charge in [-0.3, -0.25) is 0 Å². The Kier molecular flexibility index (Phi) is 2.10. The smallest absolute Gasteiger partial charge is 0.154 e. The van der Waals surface area contributed by atoms with Crippen molar-refractivity contribution < 1.29 is 4.39 Å². The second kappa shape index (κ2) is 3.13. The Hall–Kier alpha value is -0.860. The highest BCUT2D eigenvalue weighted by Gasteiger charge is 2.10. The van der Waals surface area contributed by atoms with Crippen molar-refractivity contribution >= 4 is 34.1 Å². The average Bonchev–Trinajstić information content (AvgIpc) is 2.15. The van der Waals surface area contributed by atoms with Gasteiger partial charge in [-0.1, -0.05) is 35.3 Å². The third kappa shape index (κ3) is 1.36. The first-order valence-electron chi connectivity index (χ1n) is 3.59. The summed E-state index contributed by atoms with van der Waals surface area (Å²) in [6.45, 7) is 0. The number of para-hydroxylation sites is 1. The van der Waals surface area contributed by atoms with Crippen molar-refractivity contribution in [1.82, 2.24) is 4.98 Å². The number of nitrogens with zero attached hydrogens (tertiary/aromatic N) is 1. The zero-order valence-electron chi connectivity index (χ0n) is 6.39. The van der Waals surface area contributed by atoms with E-state index in [0.29, 0.717) is 10.9 Å². The van der Waals surface area contributed by atoms with E-state index in [0.717, 1.165) is 0 Å². The lowest BCUT2D eigenvalue weighted by atomic mass is 10.2. The molecule has 0 saturated carbocycles. The van der Waals surface area contributed by atoms with Gasteiger partial charge in [0.2, 0.25) is 0 Å². The fourth-order valence-electron chi connectivity index (χ4n) is 1.12. The minimum atomic E-state index is -0.516. The monoisotopic (exact) mass is 215 g/mol. The molecule has 0 bridgehead atoms. The largest absolute Gasteiger partial charge is 0.234 e. The van der Waals surface area contributed by atoms with Gasteiger partial charge >= 0.3 is 0 Å². The molecule has 1 aromatic heterocycles. The van der Waals surface area contributed by atoms with Crippen LogP contribution in [0.4, 0.5) is 4.39 Å². The second-order valence-electron chi connectivity index (χ2n) is 2.55. The van der Waals surface area contributed by atoms with Crippen LogP contribution in [0.3, 0.4) is 0 Å². The fraction of sp³-hybridized carbons (Fsp3) is 0. The Labute approximate surface area is 84.1 Å². The van der Waals surface area contributed by atoms with Crippen molar-refractivity contribution in [1.29, 1.82) is 0 Å². The zero-order valence-corrected chi connectivity index (χ0v) is 7.90. The summed E-state index contributed by atoms with van der Waals surface area (Å²) in [6, 6.07) is 6.77. The van der Waals surface area contributed by atoms with Crippen molar-refractivity contribution in [2.24, 2.45) is 0 Å². The minimum absolute atomic E-state index is 0.00198. The summed E-state index contributed by atoms with van der Waals surface area (Å²) in [4.78, 5) is 3.93. The minimum Gasteiger partial charge on any atom is -0.234 e. The number of hydrogen-bond donors (Lipinski definition) is 0. The van der Waals surface area contributed by atoms with Gasteiger partial charge < -0.3 is 0 Å². The van der Waals surface area contributed by atoms with Crippen LogP contribution < -0.4 is 0 Å². The first kappa shape index (κ1) is 8.73. The predicted molar refractivity (Wildman–Crippen MR) is 51.7 cm³/mol. The van der Waals surface area contributed by atoms with Crippen LogP contribution in [0, 0.1) is 5.82 Å². The molecule has 0 atom stereocenters. The number of aromatic nitrogens is 1. The molecule has 1 heterocycles. The van der Waals surface area contributed by atoms with Crippen molar-refractivity contribution in [2.45, 2.75) is 0 Å². The number of halogens is 3. The maximum absolute atomic E-state index is 13.4. The van der Waals surface area contributed by atoms with Crippen LogP contribution >= 0.6 is 23.2 Å². The molecule has 66 valence electrons. The van der Waals surface area contributed by atoms with E-state index < -0.39 is 5.82 Å². The summed E-state index contributed by atoms with van der Waals surface area (Å²) >= 11 is 11.2. The predicted octanol–water partition coefficient (Wildman–Crippen LogP) is 3.68. The summed E-state index contributed by atoms with van der Waals surface area (Å²) in [7, 11) is 0. The van der Waals surface area contributed by atoms with Crippen LogP contribution in [0.2, 0.25) is 10.2 Å². The Morgan fingerprint density at radius 1 is 1.15 bits per heavy atom. The van der Waals surface area contributed by atoms with E-state index in [1.165, 1.54) is 0 Å². The van der Waals surface area contributed by atoms with Crippen molar-refractivity contribution in [3.8, 4) is 0 Å². The molecule has 0 fully saturated rings. The normalized spacial score (nSPS) is 10.7. The molecule has 1 nitrogen and oxygen atoms in total. The number of benzene rings is 1. The highest BCUT2D eigenvalue weighted by Crippen LogP contribution is 2.28. The number of hydrogen-bond acceptors (Lipinski definition) is 1. The van der Waals surface area contributed by atoms with Gasteiger partial charge in [0.1, 0.15) is 5.02 Å². The molecular formula is C9H4Cl2FN. The molecule has 2 rings (SSSR count). The Bertz CT molecular complexity index is 470. The van der Waals surface area contributed by atoms with Crippen LogP contribution in [0.15, 0.2) is 24.3 Å². The molecule has 0 radical (unpaired) electrons. The van der Waals surface area contributed by atoms with E-state index >= 15 is 0 Å². The third-order valence-electron chi connectivity index (χ3n) is 1.73. The molecule has 0 aliphatic heterocycles. The van der Waals surface area contributed by atoms with Crippen molar-refractivity contribution in [3.63, 3.8) is 0 Å². The first-order chi connectivity index (χ1) is 6.20. The molecule has 1 aromatic carbocycles. The molecule has 4 heteroatoms. The highest BCUT2D eigenvalue weighted by atomic mass is 35.5. The van der Waals surface area contributed by atoms with Crippen LogP contribution in [0.5, 0.6) is 0 Å². The summed E-state index contributed by atoms with van der Waals surface area (Å²) in [6.07, 6.45) is 0. The molecule has 0 saturated heterocycles. The van der Waals surface area contributed by atoms with Crippen molar-refractivity contribution in [3.05, 3.63) is 40.3 Å². The van der Waals surface area contributed by atoms with E-state index in [-0.39, 0.29) is 10.2 Å². The molecule has 0 aliphatic rings. The lowest BCUT2D eigenvalue weighted by Crippen LogP contribution is -1.87. The molecule has 0 aliphatic carbocycles. The Morgan fingerprint density at radius 3 is 2.62 bits per heavy atom. The molecule has 2 aromatic rings. The maximum Gasteiger partial charge on any atom is 0.154 e. The SMILES string of the molecule is Fc1c(Cl)c(Cl)nc2ccccc12. The van der Waals surface area contributed by atoms with Gasteiger partial charge in [-0.25, -0.2) is 9.37 Å². The van der Waals surface area contributed by atoms with E-state index in [9.17, 15) is 4.39 Å². The molecule has 0 N–H and O–H groups in total. The second-order valence-corrected chi connectivity index (χ2v) is 3.28. The van der Waals surface area contributed by atoms with Crippen LogP contribution in [-0.4, -0.2) is 4.98 Å². The lowest BCUT2D eigenvalue weighted by molar-refractivity contribution is 0.639. The standard InChI is InChI=1S/C9H4Cl2FN/c10-7-8(12)5-3-1-2-4-6(5)13-9(7)11/h1-4H. The number of fused-ring (bicyclic) bond motifs is 1. The maximum atomic E-state index is 13.4. The Morgan fingerprint density at radius 2 is 1.85 bits per heavy atom. The summed E-state index contributed by atoms with van der Waals surface area (Å²) in [5.74, 6) is -0.516. The summed E-state index contributed by atoms with van der Waals surface area (Å²) < 4.78 is 13.4. The van der Waals surface area contributed by atoms with Crippen LogP contribution in [-0.2, 0) is 0 Å². The molecule has 0 amide bonds. The van der Waals surface area contributed by atoms with Crippen LogP contribution in [0.1, 0.15) is 0 Å². The number of rotatable bonds is 0. The third-order valence-corrected chi connectivity index (χ3v) is 2.45. The van der Waals surface area contributed by atoms with E-state index in [2.05, 4.69) is 4.98 Å². The van der Waals surface area contributed by atoms with Gasteiger partial charge in [-0.05, 0) is 12.1 Å². The number of pyridine rings is 1. The molecule has 13 heavy (non-hydrogen) atoms. The topological polar surface area (TPSA) is 12.9 Å². The van der Waals surface area contributed by atoms with Gasteiger partial charge in [-0.15, -0.1) is 0 Å². The highest BCUT2D eigenvalue weighted by molar-refractivity contribution is 6.41. The van der Waals surface area contributed by atoms with Crippen molar-refractivity contribution in [2.75, 3.05) is 0 Å². The Balaban J connectivity index is 2.94. The molecule has 0 unspecified atom stereocenters. The first-order valence-corrected chi connectivity index (χ1v) is 4.35. The summed E-state index contributed by atoms with van der Waals surface area (Å²) in [5.41, 5.74) is 0.509. The van der Waals surface area contributed by atoms with Gasteiger partial charge in [0.05, 0.1) is 5.52 Å². The van der Waals surface area contributed by atoms with Gasteiger partial charge in [0, 0.05) is 5.39 Å². The zero-order chi connectivity index (χ0) is 9.42. The average molecular weight is 216 g/mol. The quantitative estimate of drug-likeness (QED) is 0.612. The van der Waals surface area contributed by atoms with Gasteiger partial charge in [0.15, 0.2) is 11.0 Å². The summed E-state index contributed by atoms with van der Waals surface area (Å²) in [5, 5.41) is 0.259. The van der Waals surface area contributed by atoms with Gasteiger partial charge in [-0.2, -0.15) is 0 Å². The van der Waals surface area contributed by atoms with E-state index in [1.807, 2.05) is 0 Å².